The van der Waals surface area contributed by atoms with Crippen molar-refractivity contribution in [2.45, 2.75) is 71.0 Å². The van der Waals surface area contributed by atoms with Gasteiger partial charge in [-0.15, -0.1) is 0 Å². The number of carbonyl (C=O) groups excluding carboxylic acids is 4. The maximum atomic E-state index is 13.3. The minimum atomic E-state index is -1.06. The smallest absolute Gasteiger partial charge is 0.435 e. The van der Waals surface area contributed by atoms with Crippen LogP contribution in [0.4, 0.5) is 14.4 Å². The second-order valence-electron chi connectivity index (χ2n) is 9.16. The van der Waals surface area contributed by atoms with Gasteiger partial charge in [-0.2, -0.15) is 0 Å². The van der Waals surface area contributed by atoms with Crippen LogP contribution in [0.15, 0.2) is 0 Å². The summed E-state index contributed by atoms with van der Waals surface area (Å²) in [5.74, 6) is -0.335. The molecule has 11 nitrogen and oxygen atoms in total. The molecule has 0 aliphatic carbocycles. The molecule has 0 radical (unpaired) electrons. The van der Waals surface area contributed by atoms with Crippen molar-refractivity contribution in [2.24, 2.45) is 0 Å². The summed E-state index contributed by atoms with van der Waals surface area (Å²) in [4.78, 5) is 52.0. The van der Waals surface area contributed by atoms with Gasteiger partial charge in [0.2, 0.25) is 0 Å². The van der Waals surface area contributed by atoms with E-state index in [0.717, 1.165) is 4.90 Å². The highest BCUT2D eigenvalue weighted by molar-refractivity contribution is 6.07. The Bertz CT molecular complexity index is 719. The van der Waals surface area contributed by atoms with Crippen LogP contribution in [0.1, 0.15) is 54.4 Å². The van der Waals surface area contributed by atoms with Crippen LogP contribution >= 0.6 is 0 Å². The third kappa shape index (κ3) is 5.62. The van der Waals surface area contributed by atoms with Crippen molar-refractivity contribution in [3.05, 3.63) is 0 Å². The normalized spacial score (nSPS) is 21.2. The van der Waals surface area contributed by atoms with Gasteiger partial charge in [0, 0.05) is 17.6 Å². The Morgan fingerprint density at radius 3 is 1.78 bits per heavy atom. The molecule has 0 aromatic rings. The maximum absolute atomic E-state index is 13.3. The van der Waals surface area contributed by atoms with E-state index < -0.39 is 35.0 Å². The van der Waals surface area contributed by atoms with E-state index in [4.69, 9.17) is 14.2 Å². The number of nitrogens with zero attached hydrogens (tertiary/aromatic N) is 2. The number of urea groups is 1. The predicted molar refractivity (Wildman–Crippen MR) is 113 cm³/mol. The minimum Gasteiger partial charge on any atom is -0.435 e. The number of ether oxygens (including phenoxy) is 4. The lowest BCUT2D eigenvalue weighted by atomic mass is 9.69. The van der Waals surface area contributed by atoms with Gasteiger partial charge >= 0.3 is 18.3 Å². The number of hydrogen-bond acceptors (Lipinski definition) is 9. The topological polar surface area (TPSA) is 124 Å². The number of piperidine rings is 1. The molecule has 0 saturated carbocycles. The zero-order valence-corrected chi connectivity index (χ0v) is 19.8. The highest BCUT2D eigenvalue weighted by atomic mass is 16.7. The summed E-state index contributed by atoms with van der Waals surface area (Å²) in [6.07, 6.45) is -0.795. The summed E-state index contributed by atoms with van der Waals surface area (Å²) in [5.41, 5.74) is -2.03. The molecule has 2 aliphatic heterocycles. The molecule has 0 aromatic carbocycles. The van der Waals surface area contributed by atoms with Crippen LogP contribution in [0.5, 0.6) is 0 Å². The molecule has 1 spiro atoms. The standard InChI is InChI=1S/C21H35N3O8/c1-7-29-17(27)31-11-9-23-15(25)21(22-16(23)26)13-19(3,4)24(20(5,6)14-21)10-12-32-18(28)30-8-2/h7-14H2,1-6H3,(H,22,26). The minimum absolute atomic E-state index is 0.0524. The molecule has 3 amide bonds. The molecule has 2 saturated heterocycles. The summed E-state index contributed by atoms with van der Waals surface area (Å²) < 4.78 is 19.5. The zero-order chi connectivity index (χ0) is 24.2. The van der Waals surface area contributed by atoms with E-state index in [9.17, 15) is 19.2 Å². The number of nitrogens with one attached hydrogen (secondary N) is 1. The van der Waals surface area contributed by atoms with Gasteiger partial charge in [-0.1, -0.05) is 0 Å². The lowest BCUT2D eigenvalue weighted by Crippen LogP contribution is -2.70. The first kappa shape index (κ1) is 25.7. The molecule has 2 aliphatic rings. The van der Waals surface area contributed by atoms with E-state index >= 15 is 0 Å². The van der Waals surface area contributed by atoms with Crippen LogP contribution in [-0.2, 0) is 23.7 Å². The number of imide groups is 1. The quantitative estimate of drug-likeness (QED) is 0.432. The molecule has 182 valence electrons. The Kier molecular flexibility index (Phi) is 7.97. The molecular weight excluding hydrogens is 422 g/mol. The molecule has 0 aromatic heterocycles. The van der Waals surface area contributed by atoms with Gasteiger partial charge in [0.05, 0.1) is 19.8 Å². The predicted octanol–water partition coefficient (Wildman–Crippen LogP) is 2.28. The fraction of sp³-hybridized carbons (Fsp3) is 0.810. The van der Waals surface area contributed by atoms with Crippen molar-refractivity contribution in [1.29, 1.82) is 0 Å². The van der Waals surface area contributed by atoms with E-state index in [-0.39, 0.29) is 38.9 Å². The van der Waals surface area contributed by atoms with E-state index in [0.29, 0.717) is 19.4 Å². The van der Waals surface area contributed by atoms with Crippen LogP contribution in [0, 0.1) is 0 Å². The van der Waals surface area contributed by atoms with Gasteiger partial charge < -0.3 is 24.3 Å². The van der Waals surface area contributed by atoms with Gasteiger partial charge in [0.25, 0.3) is 5.91 Å². The fourth-order valence-electron chi connectivity index (χ4n) is 5.03. The molecule has 1 N–H and O–H groups in total. The summed E-state index contributed by atoms with van der Waals surface area (Å²) in [6, 6.07) is -0.506. The first-order valence-electron chi connectivity index (χ1n) is 10.9. The second-order valence-corrected chi connectivity index (χ2v) is 9.16. The highest BCUT2D eigenvalue weighted by Gasteiger charge is 2.61. The van der Waals surface area contributed by atoms with E-state index in [1.165, 1.54) is 0 Å². The van der Waals surface area contributed by atoms with Crippen molar-refractivity contribution < 1.29 is 38.1 Å². The zero-order valence-electron chi connectivity index (χ0n) is 19.8. The summed E-state index contributed by atoms with van der Waals surface area (Å²) in [5, 5.41) is 2.89. The molecule has 32 heavy (non-hydrogen) atoms. The average Bonchev–Trinajstić information content (AvgIpc) is 2.86. The Morgan fingerprint density at radius 2 is 1.31 bits per heavy atom. The Labute approximate surface area is 188 Å². The molecule has 0 unspecified atom stereocenters. The SMILES string of the molecule is CCOC(=O)OCCN1C(=O)NC2(CC(C)(C)N(CCOC(=O)OCC)C(C)(C)C2)C1=O. The monoisotopic (exact) mass is 457 g/mol. The molecule has 0 atom stereocenters. The van der Waals surface area contributed by atoms with Crippen molar-refractivity contribution in [1.82, 2.24) is 15.1 Å². The second kappa shape index (κ2) is 9.93. The highest BCUT2D eigenvalue weighted by Crippen LogP contribution is 2.45. The van der Waals surface area contributed by atoms with Gasteiger partial charge in [0.1, 0.15) is 18.8 Å². The number of hydrogen-bond donors (Lipinski definition) is 1. The van der Waals surface area contributed by atoms with Gasteiger partial charge in [-0.25, -0.2) is 14.4 Å². The number of rotatable bonds is 8. The number of carbonyl (C=O) groups is 4. The van der Waals surface area contributed by atoms with Crippen LogP contribution in [0.3, 0.4) is 0 Å². The van der Waals surface area contributed by atoms with Crippen LogP contribution < -0.4 is 5.32 Å². The molecule has 2 heterocycles. The van der Waals surface area contributed by atoms with Crippen LogP contribution in [-0.4, -0.2) is 90.2 Å². The molecule has 0 bridgehead atoms. The molecular formula is C21H35N3O8. The lowest BCUT2D eigenvalue weighted by Gasteiger charge is -2.57. The Balaban J connectivity index is 2.07. The van der Waals surface area contributed by atoms with Crippen LogP contribution in [0.2, 0.25) is 0 Å². The van der Waals surface area contributed by atoms with Crippen molar-refractivity contribution in [2.75, 3.05) is 39.5 Å². The molecule has 2 fully saturated rings. The lowest BCUT2D eigenvalue weighted by molar-refractivity contribution is -0.141. The van der Waals surface area contributed by atoms with E-state index in [1.54, 1.807) is 13.8 Å². The molecule has 2 rings (SSSR count). The summed E-state index contributed by atoms with van der Waals surface area (Å²) in [6.45, 7) is 12.2. The van der Waals surface area contributed by atoms with Crippen molar-refractivity contribution >= 4 is 24.2 Å². The van der Waals surface area contributed by atoms with Gasteiger partial charge in [-0.05, 0) is 54.4 Å². The maximum Gasteiger partial charge on any atom is 0.508 e. The van der Waals surface area contributed by atoms with Crippen molar-refractivity contribution in [3.8, 4) is 0 Å². The number of amides is 3. The third-order valence-corrected chi connectivity index (χ3v) is 5.77. The van der Waals surface area contributed by atoms with Gasteiger partial charge in [0.15, 0.2) is 0 Å². The third-order valence-electron chi connectivity index (χ3n) is 5.77. The average molecular weight is 458 g/mol. The first-order chi connectivity index (χ1) is 14.9. The Hall–Kier alpha value is -2.56. The summed E-state index contributed by atoms with van der Waals surface area (Å²) >= 11 is 0. The fourth-order valence-corrected chi connectivity index (χ4v) is 5.03. The molecule has 11 heteroatoms. The van der Waals surface area contributed by atoms with E-state index in [1.807, 2.05) is 27.7 Å². The largest absolute Gasteiger partial charge is 0.508 e. The van der Waals surface area contributed by atoms with Crippen LogP contribution in [0.25, 0.3) is 0 Å². The van der Waals surface area contributed by atoms with Gasteiger partial charge in [-0.3, -0.25) is 14.6 Å². The first-order valence-corrected chi connectivity index (χ1v) is 10.9. The van der Waals surface area contributed by atoms with Crippen molar-refractivity contribution in [3.63, 3.8) is 0 Å². The summed E-state index contributed by atoms with van der Waals surface area (Å²) in [7, 11) is 0. The number of likely N-dealkylation sites (tertiary alicyclic amines) is 1. The Morgan fingerprint density at radius 1 is 0.844 bits per heavy atom. The van der Waals surface area contributed by atoms with E-state index in [2.05, 4.69) is 15.0 Å².